The largest absolute Gasteiger partial charge is 0.478 e. The van der Waals surface area contributed by atoms with Gasteiger partial charge in [0, 0.05) is 15.2 Å². The third-order valence-corrected chi connectivity index (χ3v) is 6.15. The third kappa shape index (κ3) is 10.6. The van der Waals surface area contributed by atoms with Crippen molar-refractivity contribution >= 4 is 37.8 Å². The van der Waals surface area contributed by atoms with Gasteiger partial charge in [0.05, 0.1) is 0 Å². The molecular weight excluding hydrogens is 372 g/mol. The molecule has 0 saturated heterocycles. The Bertz CT molecular complexity index is 267. The smallest absolute Gasteiger partial charge is 0.330 e. The molecule has 2 unspecified atom stereocenters. The monoisotopic (exact) mass is 396 g/mol. The number of hydrogen-bond donors (Lipinski definition) is 1. The summed E-state index contributed by atoms with van der Waals surface area (Å²) in [7, 11) is 0. The normalized spacial score (nSPS) is 14.1. The molecule has 0 aromatic heterocycles. The highest BCUT2D eigenvalue weighted by molar-refractivity contribution is 9.12. The van der Waals surface area contributed by atoms with Gasteiger partial charge in [-0.15, -0.1) is 0 Å². The fraction of sp³-hybridized carbons (Fsp3) is 0.800. The average Bonchev–Trinajstić information content (AvgIpc) is 2.38. The topological polar surface area (TPSA) is 37.3 Å². The lowest BCUT2D eigenvalue weighted by Gasteiger charge is -2.16. The van der Waals surface area contributed by atoms with Crippen LogP contribution in [0.4, 0.5) is 0 Å². The summed E-state index contributed by atoms with van der Waals surface area (Å²) in [5.41, 5.74) is 0.295. The SMILES string of the molecule is C=C(CCC(Br)C(Br)CCCCCCCC)C(=O)O. The molecule has 0 aromatic rings. The zero-order chi connectivity index (χ0) is 14.7. The predicted octanol–water partition coefficient (Wildman–Crippen LogP) is 5.69. The first-order valence-corrected chi connectivity index (χ1v) is 9.01. The van der Waals surface area contributed by atoms with Crippen molar-refractivity contribution < 1.29 is 9.90 Å². The van der Waals surface area contributed by atoms with Crippen LogP contribution < -0.4 is 0 Å². The molecule has 0 amide bonds. The second kappa shape index (κ2) is 12.0. The first kappa shape index (κ1) is 19.2. The molecule has 0 aliphatic heterocycles. The van der Waals surface area contributed by atoms with E-state index in [9.17, 15) is 4.79 Å². The molecule has 2 atom stereocenters. The van der Waals surface area contributed by atoms with Crippen LogP contribution in [0.25, 0.3) is 0 Å². The van der Waals surface area contributed by atoms with Crippen molar-refractivity contribution in [3.63, 3.8) is 0 Å². The number of alkyl halides is 2. The number of halogens is 2. The van der Waals surface area contributed by atoms with Crippen LogP contribution in [0.5, 0.6) is 0 Å². The van der Waals surface area contributed by atoms with Crippen molar-refractivity contribution in [1.82, 2.24) is 0 Å². The Morgan fingerprint density at radius 2 is 1.58 bits per heavy atom. The standard InChI is InChI=1S/C15H26Br2O2/c1-3-4-5-6-7-8-9-13(16)14(17)11-10-12(2)15(18)19/h13-14H,2-11H2,1H3,(H,18,19). The van der Waals surface area contributed by atoms with Crippen molar-refractivity contribution in [2.24, 2.45) is 0 Å². The minimum Gasteiger partial charge on any atom is -0.478 e. The zero-order valence-corrected chi connectivity index (χ0v) is 15.0. The van der Waals surface area contributed by atoms with Gasteiger partial charge in [-0.05, 0) is 19.3 Å². The van der Waals surface area contributed by atoms with Crippen LogP contribution in [-0.4, -0.2) is 20.7 Å². The Labute approximate surface area is 134 Å². The van der Waals surface area contributed by atoms with E-state index in [-0.39, 0.29) is 0 Å². The minimum absolute atomic E-state index is 0.295. The maximum absolute atomic E-state index is 10.7. The molecule has 19 heavy (non-hydrogen) atoms. The van der Waals surface area contributed by atoms with Gasteiger partial charge >= 0.3 is 5.97 Å². The Balaban J connectivity index is 3.61. The van der Waals surface area contributed by atoms with Crippen molar-refractivity contribution in [2.75, 3.05) is 0 Å². The molecule has 1 N–H and O–H groups in total. The average molecular weight is 398 g/mol. The van der Waals surface area contributed by atoms with Crippen LogP contribution in [0.2, 0.25) is 0 Å². The van der Waals surface area contributed by atoms with Crippen LogP contribution >= 0.6 is 31.9 Å². The second-order valence-corrected chi connectivity index (χ2v) is 7.39. The van der Waals surface area contributed by atoms with Gasteiger partial charge in [0.15, 0.2) is 0 Å². The van der Waals surface area contributed by atoms with E-state index in [0.29, 0.717) is 21.6 Å². The van der Waals surface area contributed by atoms with Gasteiger partial charge in [0.1, 0.15) is 0 Å². The van der Waals surface area contributed by atoms with Crippen molar-refractivity contribution in [3.05, 3.63) is 12.2 Å². The van der Waals surface area contributed by atoms with Gasteiger partial charge in [-0.3, -0.25) is 0 Å². The number of carbonyl (C=O) groups is 1. The molecule has 0 aliphatic rings. The second-order valence-electron chi connectivity index (χ2n) is 5.04. The van der Waals surface area contributed by atoms with Gasteiger partial charge in [-0.1, -0.05) is 83.9 Å². The number of aliphatic carboxylic acids is 1. The Hall–Kier alpha value is 0.170. The van der Waals surface area contributed by atoms with E-state index >= 15 is 0 Å². The summed E-state index contributed by atoms with van der Waals surface area (Å²) in [6.45, 7) is 5.78. The molecule has 0 saturated carbocycles. The third-order valence-electron chi connectivity index (χ3n) is 3.25. The molecule has 4 heteroatoms. The first-order valence-electron chi connectivity index (χ1n) is 7.18. The Morgan fingerprint density at radius 3 is 2.16 bits per heavy atom. The predicted molar refractivity (Wildman–Crippen MR) is 89.4 cm³/mol. The van der Waals surface area contributed by atoms with E-state index in [1.807, 2.05) is 0 Å². The molecule has 0 radical (unpaired) electrons. The number of hydrogen-bond acceptors (Lipinski definition) is 1. The van der Waals surface area contributed by atoms with Gasteiger partial charge in [-0.2, -0.15) is 0 Å². The number of unbranched alkanes of at least 4 members (excludes halogenated alkanes) is 5. The van der Waals surface area contributed by atoms with E-state index in [1.165, 1.54) is 38.5 Å². The van der Waals surface area contributed by atoms with Gasteiger partial charge in [-0.25, -0.2) is 4.79 Å². The van der Waals surface area contributed by atoms with Crippen LogP contribution in [0.15, 0.2) is 12.2 Å². The summed E-state index contributed by atoms with van der Waals surface area (Å²) in [6.07, 6.45) is 10.3. The number of rotatable bonds is 12. The van der Waals surface area contributed by atoms with Crippen LogP contribution in [0.3, 0.4) is 0 Å². The van der Waals surface area contributed by atoms with E-state index in [0.717, 1.165) is 12.8 Å². The molecule has 0 heterocycles. The van der Waals surface area contributed by atoms with Crippen LogP contribution in [0.1, 0.15) is 64.7 Å². The summed E-state index contributed by atoms with van der Waals surface area (Å²) < 4.78 is 0. The summed E-state index contributed by atoms with van der Waals surface area (Å²) in [6, 6.07) is 0. The summed E-state index contributed by atoms with van der Waals surface area (Å²) in [5, 5.41) is 8.75. The highest BCUT2D eigenvalue weighted by Crippen LogP contribution is 2.25. The van der Waals surface area contributed by atoms with Crippen LogP contribution in [-0.2, 0) is 4.79 Å². The Kier molecular flexibility index (Phi) is 12.1. The summed E-state index contributed by atoms with van der Waals surface area (Å²) >= 11 is 7.32. The Morgan fingerprint density at radius 1 is 1.05 bits per heavy atom. The fourth-order valence-corrected chi connectivity index (χ4v) is 2.98. The van der Waals surface area contributed by atoms with Gasteiger partial charge < -0.3 is 5.11 Å². The first-order chi connectivity index (χ1) is 8.99. The lowest BCUT2D eigenvalue weighted by atomic mass is 10.0. The minimum atomic E-state index is -0.887. The highest BCUT2D eigenvalue weighted by atomic mass is 79.9. The lowest BCUT2D eigenvalue weighted by Crippen LogP contribution is -2.15. The lowest BCUT2D eigenvalue weighted by molar-refractivity contribution is -0.132. The molecule has 0 aromatic carbocycles. The van der Waals surface area contributed by atoms with Gasteiger partial charge in [0.25, 0.3) is 0 Å². The molecular formula is C15H26Br2O2. The van der Waals surface area contributed by atoms with Gasteiger partial charge in [0.2, 0.25) is 0 Å². The molecule has 112 valence electrons. The van der Waals surface area contributed by atoms with E-state index < -0.39 is 5.97 Å². The van der Waals surface area contributed by atoms with E-state index in [1.54, 1.807) is 0 Å². The van der Waals surface area contributed by atoms with E-state index in [4.69, 9.17) is 5.11 Å². The summed E-state index contributed by atoms with van der Waals surface area (Å²) in [4.78, 5) is 11.4. The molecule has 0 aliphatic carbocycles. The molecule has 0 spiro atoms. The number of carboxylic acids is 1. The highest BCUT2D eigenvalue weighted by Gasteiger charge is 2.16. The summed E-state index contributed by atoms with van der Waals surface area (Å²) in [5.74, 6) is -0.887. The maximum atomic E-state index is 10.7. The fourth-order valence-electron chi connectivity index (χ4n) is 1.90. The molecule has 2 nitrogen and oxygen atoms in total. The molecule has 0 rings (SSSR count). The number of carboxylic acid groups (broad SMARTS) is 1. The van der Waals surface area contributed by atoms with E-state index in [2.05, 4.69) is 45.4 Å². The van der Waals surface area contributed by atoms with Crippen LogP contribution in [0, 0.1) is 0 Å². The van der Waals surface area contributed by atoms with Crippen molar-refractivity contribution in [3.8, 4) is 0 Å². The molecule has 0 fully saturated rings. The van der Waals surface area contributed by atoms with Crippen molar-refractivity contribution in [1.29, 1.82) is 0 Å². The molecule has 0 bridgehead atoms. The maximum Gasteiger partial charge on any atom is 0.330 e. The van der Waals surface area contributed by atoms with Crippen molar-refractivity contribution in [2.45, 2.75) is 74.4 Å². The zero-order valence-electron chi connectivity index (χ0n) is 11.8. The quantitative estimate of drug-likeness (QED) is 0.261.